The second-order valence-corrected chi connectivity index (χ2v) is 10.7. The molecule has 2 aromatic rings. The number of sulfonamides is 1. The van der Waals surface area contributed by atoms with E-state index in [0.29, 0.717) is 16.6 Å². The molecule has 0 bridgehead atoms. The number of nitrogens with one attached hydrogen (secondary N) is 2. The first kappa shape index (κ1) is 19.6. The van der Waals surface area contributed by atoms with Crippen molar-refractivity contribution in [1.82, 2.24) is 5.32 Å². The molecule has 3 aliphatic carbocycles. The summed E-state index contributed by atoms with van der Waals surface area (Å²) in [4.78, 5) is 13.1. The van der Waals surface area contributed by atoms with Gasteiger partial charge in [0.1, 0.15) is 0 Å². The third kappa shape index (κ3) is 3.62. The Morgan fingerprint density at radius 2 is 1.60 bits per heavy atom. The summed E-state index contributed by atoms with van der Waals surface area (Å²) >= 11 is 0. The number of hydrogen-bond donors (Lipinski definition) is 2. The number of aryl methyl sites for hydroxylation is 2. The Kier molecular flexibility index (Phi) is 4.85. The van der Waals surface area contributed by atoms with E-state index in [2.05, 4.69) is 10.0 Å². The molecule has 0 unspecified atom stereocenters. The van der Waals surface area contributed by atoms with Gasteiger partial charge in [0.25, 0.3) is 10.0 Å². The highest BCUT2D eigenvalue weighted by Gasteiger charge is 2.46. The number of rotatable bonds is 6. The van der Waals surface area contributed by atoms with Crippen LogP contribution in [-0.4, -0.2) is 20.4 Å². The van der Waals surface area contributed by atoms with Crippen LogP contribution in [0.1, 0.15) is 61.6 Å². The van der Waals surface area contributed by atoms with Crippen LogP contribution in [-0.2, 0) is 33.1 Å². The number of benzene rings is 2. The fraction of sp³-hybridized carbons (Fsp3) is 0.458. The van der Waals surface area contributed by atoms with Crippen LogP contribution in [0, 0.1) is 0 Å². The molecule has 0 aliphatic heterocycles. The second kappa shape index (κ2) is 7.41. The number of amides is 1. The first-order valence-corrected chi connectivity index (χ1v) is 12.5. The quantitative estimate of drug-likeness (QED) is 0.734. The van der Waals surface area contributed by atoms with Crippen molar-refractivity contribution in [3.8, 4) is 0 Å². The largest absolute Gasteiger partial charge is 0.353 e. The summed E-state index contributed by atoms with van der Waals surface area (Å²) in [5, 5.41) is 3.14. The van der Waals surface area contributed by atoms with Crippen molar-refractivity contribution < 1.29 is 13.2 Å². The lowest BCUT2D eigenvalue weighted by Gasteiger charge is -2.40. The zero-order chi connectivity index (χ0) is 20.8. The summed E-state index contributed by atoms with van der Waals surface area (Å²) in [6.07, 6.45) is 9.16. The van der Waals surface area contributed by atoms with Crippen LogP contribution in [0.2, 0.25) is 0 Å². The number of anilines is 1. The molecule has 0 radical (unpaired) electrons. The number of hydrogen-bond acceptors (Lipinski definition) is 3. The maximum Gasteiger partial charge on any atom is 0.261 e. The molecule has 30 heavy (non-hydrogen) atoms. The molecule has 2 fully saturated rings. The lowest BCUT2D eigenvalue weighted by Crippen LogP contribution is -2.49. The average molecular weight is 425 g/mol. The Morgan fingerprint density at radius 3 is 2.23 bits per heavy atom. The van der Waals surface area contributed by atoms with Crippen molar-refractivity contribution in [3.63, 3.8) is 0 Å². The molecule has 0 spiro atoms. The lowest BCUT2D eigenvalue weighted by atomic mass is 9.63. The molecule has 5 nitrogen and oxygen atoms in total. The van der Waals surface area contributed by atoms with Crippen molar-refractivity contribution in [2.75, 3.05) is 4.72 Å². The highest BCUT2D eigenvalue weighted by molar-refractivity contribution is 7.92. The van der Waals surface area contributed by atoms with E-state index in [9.17, 15) is 13.2 Å². The van der Waals surface area contributed by atoms with Crippen molar-refractivity contribution >= 4 is 21.6 Å². The fourth-order valence-electron chi connectivity index (χ4n) is 4.68. The van der Waals surface area contributed by atoms with Crippen LogP contribution in [0.25, 0.3) is 0 Å². The summed E-state index contributed by atoms with van der Waals surface area (Å²) in [5.41, 5.74) is 3.46. The van der Waals surface area contributed by atoms with Crippen LogP contribution < -0.4 is 10.0 Å². The molecule has 3 aliphatic rings. The van der Waals surface area contributed by atoms with Crippen LogP contribution in [0.4, 0.5) is 5.69 Å². The van der Waals surface area contributed by atoms with Gasteiger partial charge in [0.05, 0.1) is 10.3 Å². The zero-order valence-electron chi connectivity index (χ0n) is 17.1. The van der Waals surface area contributed by atoms with Crippen LogP contribution in [0.3, 0.4) is 0 Å². The number of carbonyl (C=O) groups excluding carboxylic acids is 1. The van der Waals surface area contributed by atoms with E-state index in [-0.39, 0.29) is 5.91 Å². The average Bonchev–Trinajstić information content (AvgIpc) is 3.52. The summed E-state index contributed by atoms with van der Waals surface area (Å²) in [7, 11) is -3.64. The van der Waals surface area contributed by atoms with Gasteiger partial charge in [0.15, 0.2) is 0 Å². The number of fused-ring (bicyclic) bond motifs is 1. The van der Waals surface area contributed by atoms with Gasteiger partial charge >= 0.3 is 0 Å². The minimum absolute atomic E-state index is 0.124. The van der Waals surface area contributed by atoms with Gasteiger partial charge in [-0.1, -0.05) is 24.6 Å². The van der Waals surface area contributed by atoms with Gasteiger partial charge in [-0.15, -0.1) is 0 Å². The van der Waals surface area contributed by atoms with Crippen LogP contribution in [0.5, 0.6) is 0 Å². The Labute approximate surface area is 178 Å². The van der Waals surface area contributed by atoms with Gasteiger partial charge in [-0.25, -0.2) is 8.42 Å². The third-order valence-corrected chi connectivity index (χ3v) is 8.25. The molecular formula is C24H28N2O3S. The SMILES string of the molecule is O=C(NC1CC1)C1(c2ccc(NS(=O)(=O)c3ccc4c(c3)CCCC4)cc2)CCC1. The predicted octanol–water partition coefficient (Wildman–Crippen LogP) is 4.07. The summed E-state index contributed by atoms with van der Waals surface area (Å²) in [5.74, 6) is 0.124. The summed E-state index contributed by atoms with van der Waals surface area (Å²) in [6, 6.07) is 13.2. The molecular weight excluding hydrogens is 396 g/mol. The van der Waals surface area contributed by atoms with E-state index in [4.69, 9.17) is 0 Å². The monoisotopic (exact) mass is 424 g/mol. The van der Waals surface area contributed by atoms with E-state index in [0.717, 1.165) is 62.5 Å². The summed E-state index contributed by atoms with van der Waals surface area (Å²) < 4.78 is 28.5. The Hall–Kier alpha value is -2.34. The van der Waals surface area contributed by atoms with Crippen molar-refractivity contribution in [2.45, 2.75) is 74.1 Å². The minimum atomic E-state index is -3.64. The van der Waals surface area contributed by atoms with Gasteiger partial charge in [-0.05, 0) is 92.3 Å². The first-order chi connectivity index (χ1) is 14.5. The smallest absolute Gasteiger partial charge is 0.261 e. The van der Waals surface area contributed by atoms with Crippen molar-refractivity contribution in [1.29, 1.82) is 0 Å². The van der Waals surface area contributed by atoms with E-state index < -0.39 is 15.4 Å². The number of carbonyl (C=O) groups is 1. The topological polar surface area (TPSA) is 75.3 Å². The molecule has 158 valence electrons. The molecule has 6 heteroatoms. The molecule has 2 saturated carbocycles. The van der Waals surface area contributed by atoms with Gasteiger partial charge in [0, 0.05) is 11.7 Å². The third-order valence-electron chi connectivity index (χ3n) is 6.87. The zero-order valence-corrected chi connectivity index (χ0v) is 17.9. The van der Waals surface area contributed by atoms with E-state index in [1.54, 1.807) is 18.2 Å². The molecule has 2 N–H and O–H groups in total. The fourth-order valence-corrected chi connectivity index (χ4v) is 5.79. The Balaban J connectivity index is 1.33. The second-order valence-electron chi connectivity index (χ2n) is 9.00. The van der Waals surface area contributed by atoms with Gasteiger partial charge in [0.2, 0.25) is 5.91 Å². The van der Waals surface area contributed by atoms with E-state index in [1.165, 1.54) is 12.0 Å². The lowest BCUT2D eigenvalue weighted by molar-refractivity contribution is -0.130. The van der Waals surface area contributed by atoms with Crippen molar-refractivity contribution in [2.24, 2.45) is 0 Å². The minimum Gasteiger partial charge on any atom is -0.353 e. The molecule has 0 saturated heterocycles. The van der Waals surface area contributed by atoms with Crippen LogP contribution >= 0.6 is 0 Å². The highest BCUT2D eigenvalue weighted by Crippen LogP contribution is 2.45. The Morgan fingerprint density at radius 1 is 0.900 bits per heavy atom. The Bertz CT molecular complexity index is 1070. The van der Waals surface area contributed by atoms with Crippen molar-refractivity contribution in [3.05, 3.63) is 59.2 Å². The van der Waals surface area contributed by atoms with Gasteiger partial charge in [-0.2, -0.15) is 0 Å². The molecule has 0 heterocycles. The molecule has 0 atom stereocenters. The maximum atomic E-state index is 12.9. The van der Waals surface area contributed by atoms with Crippen LogP contribution in [0.15, 0.2) is 47.4 Å². The first-order valence-electron chi connectivity index (χ1n) is 11.0. The summed E-state index contributed by atoms with van der Waals surface area (Å²) in [6.45, 7) is 0. The maximum absolute atomic E-state index is 12.9. The molecule has 0 aromatic heterocycles. The van der Waals surface area contributed by atoms with E-state index >= 15 is 0 Å². The predicted molar refractivity (Wildman–Crippen MR) is 117 cm³/mol. The van der Waals surface area contributed by atoms with Gasteiger partial charge in [-0.3, -0.25) is 9.52 Å². The van der Waals surface area contributed by atoms with Gasteiger partial charge < -0.3 is 5.32 Å². The molecule has 2 aromatic carbocycles. The molecule has 5 rings (SSSR count). The highest BCUT2D eigenvalue weighted by atomic mass is 32.2. The molecule has 1 amide bonds. The normalized spacial score (nSPS) is 20.0. The standard InChI is InChI=1S/C24H28N2O3S/c27-23(25-20-11-12-20)24(14-3-15-24)19-7-9-21(10-8-19)26-30(28,29)22-13-6-17-4-1-2-5-18(17)16-22/h6-10,13,16,20,26H,1-5,11-12,14-15H2,(H,25,27). The van der Waals surface area contributed by atoms with E-state index in [1.807, 2.05) is 24.3 Å².